The molecule has 0 aromatic heterocycles. The molecule has 15 heavy (non-hydrogen) atoms. The summed E-state index contributed by atoms with van der Waals surface area (Å²) in [7, 11) is 0. The summed E-state index contributed by atoms with van der Waals surface area (Å²) in [5, 5.41) is 0.364. The SMILES string of the molecule is CCC1CCCCC1C1CC(Cl)CCO1. The van der Waals surface area contributed by atoms with Crippen LogP contribution in [0.15, 0.2) is 0 Å². The minimum atomic E-state index is 0.364. The third-order valence-corrected chi connectivity index (χ3v) is 4.62. The van der Waals surface area contributed by atoms with Crippen LogP contribution in [0.3, 0.4) is 0 Å². The van der Waals surface area contributed by atoms with Gasteiger partial charge in [-0.1, -0.05) is 32.6 Å². The molecule has 2 aliphatic rings. The Morgan fingerprint density at radius 2 is 2.00 bits per heavy atom. The highest BCUT2D eigenvalue weighted by atomic mass is 35.5. The normalized spacial score (nSPS) is 42.8. The molecule has 0 N–H and O–H groups in total. The Kier molecular flexibility index (Phi) is 4.33. The summed E-state index contributed by atoms with van der Waals surface area (Å²) in [6, 6.07) is 0. The second kappa shape index (κ2) is 5.54. The van der Waals surface area contributed by atoms with Crippen LogP contribution in [0.2, 0.25) is 0 Å². The quantitative estimate of drug-likeness (QED) is 0.652. The van der Waals surface area contributed by atoms with Crippen LogP contribution in [0, 0.1) is 11.8 Å². The molecule has 88 valence electrons. The highest BCUT2D eigenvalue weighted by molar-refractivity contribution is 6.20. The van der Waals surface area contributed by atoms with E-state index in [1.54, 1.807) is 0 Å². The van der Waals surface area contributed by atoms with Gasteiger partial charge in [-0.05, 0) is 31.1 Å². The Morgan fingerprint density at radius 3 is 2.73 bits per heavy atom. The lowest BCUT2D eigenvalue weighted by molar-refractivity contribution is -0.0473. The standard InChI is InChI=1S/C13H23ClO/c1-2-10-5-3-4-6-12(10)13-9-11(14)7-8-15-13/h10-13H,2-9H2,1H3. The maximum Gasteiger partial charge on any atom is 0.0620 e. The van der Waals surface area contributed by atoms with Gasteiger partial charge in [0.05, 0.1) is 6.10 Å². The molecular weight excluding hydrogens is 208 g/mol. The van der Waals surface area contributed by atoms with Gasteiger partial charge in [-0.3, -0.25) is 0 Å². The second-order valence-corrected chi connectivity index (χ2v) is 5.76. The summed E-state index contributed by atoms with van der Waals surface area (Å²) < 4.78 is 5.94. The number of alkyl halides is 1. The maximum atomic E-state index is 6.24. The largest absolute Gasteiger partial charge is 0.378 e. The molecule has 2 rings (SSSR count). The molecule has 2 heteroatoms. The van der Waals surface area contributed by atoms with Gasteiger partial charge >= 0.3 is 0 Å². The van der Waals surface area contributed by atoms with Gasteiger partial charge in [0.25, 0.3) is 0 Å². The van der Waals surface area contributed by atoms with Crippen molar-refractivity contribution >= 4 is 11.6 Å². The molecule has 2 fully saturated rings. The molecule has 1 saturated carbocycles. The van der Waals surface area contributed by atoms with Gasteiger partial charge in [0, 0.05) is 12.0 Å². The van der Waals surface area contributed by atoms with Crippen LogP contribution in [0.4, 0.5) is 0 Å². The van der Waals surface area contributed by atoms with Crippen LogP contribution in [-0.2, 0) is 4.74 Å². The van der Waals surface area contributed by atoms with Crippen LogP contribution >= 0.6 is 11.6 Å². The molecule has 4 unspecified atom stereocenters. The predicted octanol–water partition coefficient (Wildman–Crippen LogP) is 3.99. The maximum absolute atomic E-state index is 6.24. The fourth-order valence-corrected chi connectivity index (χ4v) is 3.58. The molecule has 0 bridgehead atoms. The van der Waals surface area contributed by atoms with Crippen LogP contribution in [0.1, 0.15) is 51.9 Å². The van der Waals surface area contributed by atoms with Crippen molar-refractivity contribution in [3.05, 3.63) is 0 Å². The molecule has 1 saturated heterocycles. The van der Waals surface area contributed by atoms with Crippen LogP contribution in [-0.4, -0.2) is 18.1 Å². The lowest BCUT2D eigenvalue weighted by Gasteiger charge is -2.39. The molecule has 0 spiro atoms. The van der Waals surface area contributed by atoms with Crippen molar-refractivity contribution in [2.24, 2.45) is 11.8 Å². The Labute approximate surface area is 98.5 Å². The van der Waals surface area contributed by atoms with E-state index < -0.39 is 0 Å². The van der Waals surface area contributed by atoms with E-state index in [2.05, 4.69) is 6.92 Å². The van der Waals surface area contributed by atoms with Gasteiger partial charge in [0.1, 0.15) is 0 Å². The van der Waals surface area contributed by atoms with E-state index in [1.165, 1.54) is 32.1 Å². The van der Waals surface area contributed by atoms with E-state index in [4.69, 9.17) is 16.3 Å². The van der Waals surface area contributed by atoms with E-state index in [0.29, 0.717) is 11.5 Å². The first-order valence-corrected chi connectivity index (χ1v) is 7.00. The average Bonchev–Trinajstić information content (AvgIpc) is 2.29. The minimum absolute atomic E-state index is 0.364. The van der Waals surface area contributed by atoms with Crippen molar-refractivity contribution in [2.75, 3.05) is 6.61 Å². The summed E-state index contributed by atoms with van der Waals surface area (Å²) in [6.45, 7) is 3.20. The van der Waals surface area contributed by atoms with E-state index in [9.17, 15) is 0 Å². The van der Waals surface area contributed by atoms with E-state index in [0.717, 1.165) is 31.3 Å². The van der Waals surface area contributed by atoms with Gasteiger partial charge in [-0.25, -0.2) is 0 Å². The average molecular weight is 231 g/mol. The second-order valence-electron chi connectivity index (χ2n) is 5.15. The van der Waals surface area contributed by atoms with Gasteiger partial charge in [-0.15, -0.1) is 11.6 Å². The summed E-state index contributed by atoms with van der Waals surface area (Å²) >= 11 is 6.24. The van der Waals surface area contributed by atoms with Gasteiger partial charge in [0.15, 0.2) is 0 Å². The Balaban J connectivity index is 1.94. The zero-order valence-corrected chi connectivity index (χ0v) is 10.5. The third kappa shape index (κ3) is 2.88. The van der Waals surface area contributed by atoms with Crippen molar-refractivity contribution in [3.8, 4) is 0 Å². The summed E-state index contributed by atoms with van der Waals surface area (Å²) in [5.41, 5.74) is 0. The molecular formula is C13H23ClO. The van der Waals surface area contributed by atoms with Crippen molar-refractivity contribution in [1.82, 2.24) is 0 Å². The lowest BCUT2D eigenvalue weighted by atomic mass is 9.73. The molecule has 4 atom stereocenters. The number of hydrogen-bond acceptors (Lipinski definition) is 1. The Morgan fingerprint density at radius 1 is 1.20 bits per heavy atom. The fourth-order valence-electron chi connectivity index (χ4n) is 3.32. The number of rotatable bonds is 2. The monoisotopic (exact) mass is 230 g/mol. The van der Waals surface area contributed by atoms with Gasteiger partial charge in [0.2, 0.25) is 0 Å². The zero-order valence-electron chi connectivity index (χ0n) is 9.75. The zero-order chi connectivity index (χ0) is 10.7. The first-order valence-electron chi connectivity index (χ1n) is 6.57. The summed E-state index contributed by atoms with van der Waals surface area (Å²) in [6.07, 6.45) is 9.51. The highest BCUT2D eigenvalue weighted by Crippen LogP contribution is 2.38. The van der Waals surface area contributed by atoms with Crippen molar-refractivity contribution < 1.29 is 4.74 Å². The fraction of sp³-hybridized carbons (Fsp3) is 1.00. The van der Waals surface area contributed by atoms with Crippen LogP contribution in [0.25, 0.3) is 0 Å². The molecule has 0 aromatic carbocycles. The predicted molar refractivity (Wildman–Crippen MR) is 64.4 cm³/mol. The molecule has 1 aliphatic heterocycles. The van der Waals surface area contributed by atoms with Crippen LogP contribution < -0.4 is 0 Å². The molecule has 0 amide bonds. The van der Waals surface area contributed by atoms with Crippen molar-refractivity contribution in [2.45, 2.75) is 63.4 Å². The highest BCUT2D eigenvalue weighted by Gasteiger charge is 2.34. The molecule has 1 heterocycles. The van der Waals surface area contributed by atoms with E-state index in [-0.39, 0.29) is 0 Å². The van der Waals surface area contributed by atoms with E-state index >= 15 is 0 Å². The lowest BCUT2D eigenvalue weighted by Crippen LogP contribution is -2.37. The van der Waals surface area contributed by atoms with Gasteiger partial charge < -0.3 is 4.74 Å². The molecule has 1 nitrogen and oxygen atoms in total. The Bertz CT molecular complexity index is 195. The first kappa shape index (κ1) is 11.7. The van der Waals surface area contributed by atoms with Crippen molar-refractivity contribution in [3.63, 3.8) is 0 Å². The molecule has 0 aromatic rings. The number of ether oxygens (including phenoxy) is 1. The van der Waals surface area contributed by atoms with E-state index in [1.807, 2.05) is 0 Å². The number of halogens is 1. The first-order chi connectivity index (χ1) is 7.31. The smallest absolute Gasteiger partial charge is 0.0620 e. The number of hydrogen-bond donors (Lipinski definition) is 0. The third-order valence-electron chi connectivity index (χ3n) is 4.22. The van der Waals surface area contributed by atoms with Crippen molar-refractivity contribution in [1.29, 1.82) is 0 Å². The molecule has 0 radical (unpaired) electrons. The summed E-state index contributed by atoms with van der Waals surface area (Å²) in [5.74, 6) is 1.69. The minimum Gasteiger partial charge on any atom is -0.378 e. The summed E-state index contributed by atoms with van der Waals surface area (Å²) in [4.78, 5) is 0. The Hall–Kier alpha value is 0.250. The topological polar surface area (TPSA) is 9.23 Å². The van der Waals surface area contributed by atoms with Crippen LogP contribution in [0.5, 0.6) is 0 Å². The molecule has 1 aliphatic carbocycles. The van der Waals surface area contributed by atoms with Gasteiger partial charge in [-0.2, -0.15) is 0 Å².